The lowest BCUT2D eigenvalue weighted by molar-refractivity contribution is -0.118. The standard InChI is InChI=1S/C10H20N4O3S/c11-10(15)7-14(9-3-5-12-6-4-9)18(16,17)13-8-1-2-8/h8-9,12-13H,1-7H2,(H2,11,15). The molecule has 1 aliphatic heterocycles. The molecular formula is C10H20N4O3S. The summed E-state index contributed by atoms with van der Waals surface area (Å²) in [6.07, 6.45) is 3.16. The molecule has 8 heteroatoms. The number of hydrogen-bond donors (Lipinski definition) is 3. The summed E-state index contributed by atoms with van der Waals surface area (Å²) in [5.74, 6) is -0.616. The number of rotatable bonds is 6. The fourth-order valence-corrected chi connectivity index (χ4v) is 3.83. The number of carbonyl (C=O) groups excluding carboxylic acids is 1. The number of amides is 1. The van der Waals surface area contributed by atoms with E-state index in [1.807, 2.05) is 0 Å². The quantitative estimate of drug-likeness (QED) is 0.550. The van der Waals surface area contributed by atoms with Crippen LogP contribution in [0, 0.1) is 0 Å². The molecule has 4 N–H and O–H groups in total. The van der Waals surface area contributed by atoms with Crippen LogP contribution in [-0.2, 0) is 15.0 Å². The Balaban J connectivity index is 2.09. The van der Waals surface area contributed by atoms with Crippen molar-refractivity contribution in [2.24, 2.45) is 5.73 Å². The summed E-state index contributed by atoms with van der Waals surface area (Å²) in [5.41, 5.74) is 5.15. The first kappa shape index (κ1) is 13.7. The van der Waals surface area contributed by atoms with Crippen molar-refractivity contribution in [1.82, 2.24) is 14.3 Å². The first-order chi connectivity index (χ1) is 8.49. The summed E-state index contributed by atoms with van der Waals surface area (Å²) in [5, 5.41) is 3.17. The smallest absolute Gasteiger partial charge is 0.280 e. The predicted octanol–water partition coefficient (Wildman–Crippen LogP) is -1.48. The molecular weight excluding hydrogens is 256 g/mol. The molecule has 0 aromatic rings. The Morgan fingerprint density at radius 2 is 1.89 bits per heavy atom. The van der Waals surface area contributed by atoms with Crippen LogP contribution in [0.15, 0.2) is 0 Å². The van der Waals surface area contributed by atoms with E-state index in [9.17, 15) is 13.2 Å². The van der Waals surface area contributed by atoms with E-state index in [4.69, 9.17) is 5.73 Å². The molecule has 0 atom stereocenters. The highest BCUT2D eigenvalue weighted by molar-refractivity contribution is 7.87. The fraction of sp³-hybridized carbons (Fsp3) is 0.900. The third-order valence-electron chi connectivity index (χ3n) is 3.23. The molecule has 1 saturated carbocycles. The van der Waals surface area contributed by atoms with Gasteiger partial charge >= 0.3 is 0 Å². The van der Waals surface area contributed by atoms with Crippen molar-refractivity contribution in [3.8, 4) is 0 Å². The number of primary amides is 1. The van der Waals surface area contributed by atoms with Gasteiger partial charge in [0, 0.05) is 12.1 Å². The van der Waals surface area contributed by atoms with Gasteiger partial charge in [-0.3, -0.25) is 4.79 Å². The maximum atomic E-state index is 12.2. The zero-order valence-corrected chi connectivity index (χ0v) is 11.1. The summed E-state index contributed by atoms with van der Waals surface area (Å²) in [6, 6.07) is -0.109. The average molecular weight is 276 g/mol. The van der Waals surface area contributed by atoms with Crippen molar-refractivity contribution in [2.75, 3.05) is 19.6 Å². The number of piperidine rings is 1. The van der Waals surface area contributed by atoms with E-state index in [2.05, 4.69) is 10.0 Å². The highest BCUT2D eigenvalue weighted by Crippen LogP contribution is 2.22. The van der Waals surface area contributed by atoms with Crippen LogP contribution < -0.4 is 15.8 Å². The second-order valence-corrected chi connectivity index (χ2v) is 6.54. The van der Waals surface area contributed by atoms with Crippen LogP contribution in [0.25, 0.3) is 0 Å². The number of hydrogen-bond acceptors (Lipinski definition) is 4. The first-order valence-electron chi connectivity index (χ1n) is 6.27. The molecule has 0 aromatic carbocycles. The van der Waals surface area contributed by atoms with Crippen molar-refractivity contribution >= 4 is 16.1 Å². The second-order valence-electron chi connectivity index (χ2n) is 4.89. The average Bonchev–Trinajstić information content (AvgIpc) is 3.10. The number of nitrogens with one attached hydrogen (secondary N) is 2. The minimum absolute atomic E-state index is 0.0343. The van der Waals surface area contributed by atoms with E-state index in [0.29, 0.717) is 12.8 Å². The molecule has 104 valence electrons. The minimum atomic E-state index is -3.60. The van der Waals surface area contributed by atoms with E-state index >= 15 is 0 Å². The highest BCUT2D eigenvalue weighted by atomic mass is 32.2. The van der Waals surface area contributed by atoms with Gasteiger partial charge in [0.1, 0.15) is 0 Å². The molecule has 0 bridgehead atoms. The Kier molecular flexibility index (Phi) is 4.21. The van der Waals surface area contributed by atoms with Crippen molar-refractivity contribution in [3.05, 3.63) is 0 Å². The van der Waals surface area contributed by atoms with E-state index < -0.39 is 16.1 Å². The van der Waals surface area contributed by atoms with Crippen LogP contribution in [0.3, 0.4) is 0 Å². The van der Waals surface area contributed by atoms with Crippen LogP contribution >= 0.6 is 0 Å². The molecule has 2 aliphatic rings. The zero-order chi connectivity index (χ0) is 13.2. The molecule has 1 saturated heterocycles. The van der Waals surface area contributed by atoms with Gasteiger partial charge < -0.3 is 11.1 Å². The van der Waals surface area contributed by atoms with Gasteiger partial charge in [0.15, 0.2) is 0 Å². The zero-order valence-electron chi connectivity index (χ0n) is 10.3. The summed E-state index contributed by atoms with van der Waals surface area (Å²) < 4.78 is 28.2. The molecule has 2 fully saturated rings. The van der Waals surface area contributed by atoms with Crippen molar-refractivity contribution in [1.29, 1.82) is 0 Å². The molecule has 1 aliphatic carbocycles. The molecule has 1 heterocycles. The van der Waals surface area contributed by atoms with Crippen LogP contribution in [0.4, 0.5) is 0 Å². The van der Waals surface area contributed by atoms with Crippen LogP contribution in [0.2, 0.25) is 0 Å². The van der Waals surface area contributed by atoms with Gasteiger partial charge in [0.25, 0.3) is 10.2 Å². The van der Waals surface area contributed by atoms with Gasteiger partial charge in [-0.15, -0.1) is 0 Å². The summed E-state index contributed by atoms with van der Waals surface area (Å²) in [6.45, 7) is 1.28. The maximum Gasteiger partial charge on any atom is 0.280 e. The Labute approximate surface area is 107 Å². The molecule has 0 unspecified atom stereocenters. The third-order valence-corrected chi connectivity index (χ3v) is 4.91. The normalized spacial score (nSPS) is 22.3. The highest BCUT2D eigenvalue weighted by Gasteiger charge is 2.36. The van der Waals surface area contributed by atoms with E-state index in [0.717, 1.165) is 25.9 Å². The third kappa shape index (κ3) is 3.64. The predicted molar refractivity (Wildman–Crippen MR) is 66.9 cm³/mol. The lowest BCUT2D eigenvalue weighted by Gasteiger charge is -2.32. The lowest BCUT2D eigenvalue weighted by Crippen LogP contribution is -2.53. The van der Waals surface area contributed by atoms with Crippen LogP contribution in [0.5, 0.6) is 0 Å². The number of nitrogens with zero attached hydrogens (tertiary/aromatic N) is 1. The Hall–Kier alpha value is -0.700. The van der Waals surface area contributed by atoms with Gasteiger partial charge in [-0.05, 0) is 38.8 Å². The Bertz CT molecular complexity index is 401. The van der Waals surface area contributed by atoms with Crippen LogP contribution in [-0.4, -0.2) is 50.3 Å². The van der Waals surface area contributed by atoms with Gasteiger partial charge in [0.05, 0.1) is 6.54 Å². The summed E-state index contributed by atoms with van der Waals surface area (Å²) in [7, 11) is -3.60. The SMILES string of the molecule is NC(=O)CN(C1CCNCC1)S(=O)(=O)NC1CC1. The minimum Gasteiger partial charge on any atom is -0.369 e. The molecule has 0 radical (unpaired) electrons. The first-order valence-corrected chi connectivity index (χ1v) is 7.71. The fourth-order valence-electron chi connectivity index (χ4n) is 2.14. The summed E-state index contributed by atoms with van der Waals surface area (Å²) in [4.78, 5) is 11.1. The van der Waals surface area contributed by atoms with Crippen molar-refractivity contribution in [2.45, 2.75) is 37.8 Å². The van der Waals surface area contributed by atoms with Crippen LogP contribution in [0.1, 0.15) is 25.7 Å². The van der Waals surface area contributed by atoms with E-state index in [-0.39, 0.29) is 18.6 Å². The van der Waals surface area contributed by atoms with E-state index in [1.165, 1.54) is 4.31 Å². The summed E-state index contributed by atoms with van der Waals surface area (Å²) >= 11 is 0. The lowest BCUT2D eigenvalue weighted by atomic mass is 10.1. The molecule has 1 amide bonds. The van der Waals surface area contributed by atoms with Gasteiger partial charge in [0.2, 0.25) is 5.91 Å². The van der Waals surface area contributed by atoms with Gasteiger partial charge in [-0.1, -0.05) is 0 Å². The maximum absolute atomic E-state index is 12.2. The second kappa shape index (κ2) is 5.52. The monoisotopic (exact) mass is 276 g/mol. The van der Waals surface area contributed by atoms with Gasteiger partial charge in [-0.2, -0.15) is 17.4 Å². The topological polar surface area (TPSA) is 105 Å². The van der Waals surface area contributed by atoms with Crippen molar-refractivity contribution < 1.29 is 13.2 Å². The molecule has 0 spiro atoms. The number of carbonyl (C=O) groups is 1. The molecule has 7 nitrogen and oxygen atoms in total. The molecule has 2 rings (SSSR count). The largest absolute Gasteiger partial charge is 0.369 e. The van der Waals surface area contributed by atoms with Gasteiger partial charge in [-0.25, -0.2) is 0 Å². The van der Waals surface area contributed by atoms with E-state index in [1.54, 1.807) is 0 Å². The Morgan fingerprint density at radius 3 is 2.39 bits per heavy atom. The molecule has 18 heavy (non-hydrogen) atoms. The Morgan fingerprint density at radius 1 is 1.28 bits per heavy atom. The molecule has 0 aromatic heterocycles. The van der Waals surface area contributed by atoms with Crippen molar-refractivity contribution in [3.63, 3.8) is 0 Å². The number of nitrogens with two attached hydrogens (primary N) is 1.